The number of benzene rings is 1. The summed E-state index contributed by atoms with van der Waals surface area (Å²) in [5, 5.41) is 8.85. The second-order valence-electron chi connectivity index (χ2n) is 3.94. The Bertz CT molecular complexity index is 402. The second-order valence-corrected chi connectivity index (χ2v) is 3.94. The Balaban J connectivity index is 2.05. The third kappa shape index (κ3) is 2.05. The summed E-state index contributed by atoms with van der Waals surface area (Å²) in [5.74, 6) is -1.31. The summed E-state index contributed by atoms with van der Waals surface area (Å²) in [6, 6.07) is 8.95. The molecule has 1 heterocycles. The molecule has 1 aliphatic rings. The minimum atomic E-state index is -0.816. The van der Waals surface area contributed by atoms with Crippen molar-refractivity contribution in [2.45, 2.75) is 6.42 Å². The zero-order chi connectivity index (χ0) is 11.5. The normalized spacial score (nSPS) is 19.8. The van der Waals surface area contributed by atoms with E-state index in [0.717, 1.165) is 0 Å². The highest BCUT2D eigenvalue weighted by atomic mass is 16.4. The van der Waals surface area contributed by atoms with Crippen LogP contribution in [0.2, 0.25) is 0 Å². The molecule has 0 radical (unpaired) electrons. The van der Waals surface area contributed by atoms with E-state index >= 15 is 0 Å². The molecule has 0 aromatic heterocycles. The van der Waals surface area contributed by atoms with Crippen LogP contribution in [0.1, 0.15) is 16.8 Å². The van der Waals surface area contributed by atoms with Gasteiger partial charge in [0.05, 0.1) is 5.92 Å². The molecule has 2 rings (SSSR count). The van der Waals surface area contributed by atoms with Gasteiger partial charge in [-0.1, -0.05) is 18.2 Å². The van der Waals surface area contributed by atoms with Gasteiger partial charge < -0.3 is 10.0 Å². The molecule has 1 saturated heterocycles. The third-order valence-electron chi connectivity index (χ3n) is 2.85. The summed E-state index contributed by atoms with van der Waals surface area (Å²) >= 11 is 0. The van der Waals surface area contributed by atoms with Crippen LogP contribution >= 0.6 is 0 Å². The fourth-order valence-electron chi connectivity index (χ4n) is 1.91. The summed E-state index contributed by atoms with van der Waals surface area (Å²) in [5.41, 5.74) is 0.619. The molecule has 1 atom stereocenters. The maximum Gasteiger partial charge on any atom is 0.308 e. The molecule has 0 unspecified atom stereocenters. The van der Waals surface area contributed by atoms with Gasteiger partial charge in [-0.25, -0.2) is 0 Å². The Morgan fingerprint density at radius 3 is 2.50 bits per heavy atom. The van der Waals surface area contributed by atoms with E-state index in [0.29, 0.717) is 25.1 Å². The van der Waals surface area contributed by atoms with Crippen LogP contribution in [0.4, 0.5) is 0 Å². The molecule has 1 fully saturated rings. The molecule has 0 aliphatic carbocycles. The van der Waals surface area contributed by atoms with Gasteiger partial charge in [0.1, 0.15) is 0 Å². The number of carboxylic acid groups (broad SMARTS) is 1. The molecular weight excluding hydrogens is 206 g/mol. The van der Waals surface area contributed by atoms with Gasteiger partial charge >= 0.3 is 5.97 Å². The van der Waals surface area contributed by atoms with Gasteiger partial charge in [0.2, 0.25) is 0 Å². The van der Waals surface area contributed by atoms with E-state index in [9.17, 15) is 9.59 Å². The van der Waals surface area contributed by atoms with Gasteiger partial charge in [-0.15, -0.1) is 0 Å². The number of amides is 1. The molecule has 84 valence electrons. The molecule has 1 N–H and O–H groups in total. The fourth-order valence-corrected chi connectivity index (χ4v) is 1.91. The van der Waals surface area contributed by atoms with Crippen molar-refractivity contribution < 1.29 is 14.7 Å². The Morgan fingerprint density at radius 1 is 1.25 bits per heavy atom. The van der Waals surface area contributed by atoms with E-state index in [4.69, 9.17) is 5.11 Å². The SMILES string of the molecule is O=C(O)[C@H]1CCN(C(=O)c2ccccc2)C1. The Morgan fingerprint density at radius 2 is 1.94 bits per heavy atom. The summed E-state index contributed by atoms with van der Waals surface area (Å²) in [6.45, 7) is 0.855. The predicted molar refractivity (Wildman–Crippen MR) is 58.1 cm³/mol. The van der Waals surface area contributed by atoms with Gasteiger partial charge in [-0.2, -0.15) is 0 Å². The number of hydrogen-bond acceptors (Lipinski definition) is 2. The lowest BCUT2D eigenvalue weighted by Gasteiger charge is -2.15. The van der Waals surface area contributed by atoms with Crippen molar-refractivity contribution in [3.8, 4) is 0 Å². The highest BCUT2D eigenvalue weighted by molar-refractivity contribution is 5.94. The first-order valence-corrected chi connectivity index (χ1v) is 5.25. The first-order chi connectivity index (χ1) is 7.68. The molecule has 1 amide bonds. The summed E-state index contributed by atoms with van der Waals surface area (Å²) in [4.78, 5) is 24.3. The minimum absolute atomic E-state index is 0.0793. The van der Waals surface area contributed by atoms with Gasteiger partial charge in [-0.05, 0) is 18.6 Å². The van der Waals surface area contributed by atoms with E-state index in [-0.39, 0.29) is 5.91 Å². The van der Waals surface area contributed by atoms with Crippen molar-refractivity contribution in [2.75, 3.05) is 13.1 Å². The first kappa shape index (κ1) is 10.7. The molecular formula is C12H13NO3. The Kier molecular flexibility index (Phi) is 2.90. The zero-order valence-corrected chi connectivity index (χ0v) is 8.80. The predicted octanol–water partition coefficient (Wildman–Crippen LogP) is 1.23. The number of carbonyl (C=O) groups excluding carboxylic acids is 1. The van der Waals surface area contributed by atoms with Crippen molar-refractivity contribution in [1.82, 2.24) is 4.90 Å². The molecule has 0 bridgehead atoms. The summed E-state index contributed by atoms with van der Waals surface area (Å²) < 4.78 is 0. The fraction of sp³-hybridized carbons (Fsp3) is 0.333. The summed E-state index contributed by atoms with van der Waals surface area (Å²) in [6.07, 6.45) is 0.550. The third-order valence-corrected chi connectivity index (χ3v) is 2.85. The van der Waals surface area contributed by atoms with E-state index < -0.39 is 11.9 Å². The lowest BCUT2D eigenvalue weighted by Crippen LogP contribution is -2.29. The van der Waals surface area contributed by atoms with Crippen molar-refractivity contribution in [3.05, 3.63) is 35.9 Å². The number of aliphatic carboxylic acids is 1. The first-order valence-electron chi connectivity index (χ1n) is 5.25. The van der Waals surface area contributed by atoms with Crippen molar-refractivity contribution >= 4 is 11.9 Å². The molecule has 1 aliphatic heterocycles. The van der Waals surface area contributed by atoms with Crippen molar-refractivity contribution in [1.29, 1.82) is 0 Å². The van der Waals surface area contributed by atoms with Crippen LogP contribution < -0.4 is 0 Å². The number of carbonyl (C=O) groups is 2. The molecule has 1 aromatic carbocycles. The molecule has 0 saturated carbocycles. The quantitative estimate of drug-likeness (QED) is 0.814. The zero-order valence-electron chi connectivity index (χ0n) is 8.80. The minimum Gasteiger partial charge on any atom is -0.481 e. The van der Waals surface area contributed by atoms with Crippen LogP contribution in [-0.2, 0) is 4.79 Å². The van der Waals surface area contributed by atoms with Gasteiger partial charge in [0.15, 0.2) is 0 Å². The van der Waals surface area contributed by atoms with E-state index in [1.807, 2.05) is 6.07 Å². The highest BCUT2D eigenvalue weighted by Gasteiger charge is 2.30. The largest absolute Gasteiger partial charge is 0.481 e. The lowest BCUT2D eigenvalue weighted by atomic mass is 10.1. The van der Waals surface area contributed by atoms with Crippen LogP contribution in [-0.4, -0.2) is 35.0 Å². The molecule has 4 heteroatoms. The standard InChI is InChI=1S/C12H13NO3/c14-11(9-4-2-1-3-5-9)13-7-6-10(8-13)12(15)16/h1-5,10H,6-8H2,(H,15,16)/t10-/m0/s1. The number of likely N-dealkylation sites (tertiary alicyclic amines) is 1. The maximum atomic E-state index is 11.9. The van der Waals surface area contributed by atoms with Crippen LogP contribution in [0.25, 0.3) is 0 Å². The van der Waals surface area contributed by atoms with Gasteiger partial charge in [0, 0.05) is 18.7 Å². The highest BCUT2D eigenvalue weighted by Crippen LogP contribution is 2.18. The number of rotatable bonds is 2. The molecule has 4 nitrogen and oxygen atoms in total. The van der Waals surface area contributed by atoms with E-state index in [2.05, 4.69) is 0 Å². The monoisotopic (exact) mass is 219 g/mol. The topological polar surface area (TPSA) is 57.6 Å². The van der Waals surface area contributed by atoms with Crippen molar-refractivity contribution in [2.24, 2.45) is 5.92 Å². The summed E-state index contributed by atoms with van der Waals surface area (Å²) in [7, 11) is 0. The maximum absolute atomic E-state index is 11.9. The van der Waals surface area contributed by atoms with Crippen molar-refractivity contribution in [3.63, 3.8) is 0 Å². The van der Waals surface area contributed by atoms with Gasteiger partial charge in [0.25, 0.3) is 5.91 Å². The number of hydrogen-bond donors (Lipinski definition) is 1. The Labute approximate surface area is 93.5 Å². The molecule has 0 spiro atoms. The van der Waals surface area contributed by atoms with E-state index in [1.165, 1.54) is 0 Å². The Hall–Kier alpha value is -1.84. The second kappa shape index (κ2) is 4.35. The smallest absolute Gasteiger partial charge is 0.308 e. The van der Waals surface area contributed by atoms with Gasteiger partial charge in [-0.3, -0.25) is 9.59 Å². The lowest BCUT2D eigenvalue weighted by molar-refractivity contribution is -0.141. The molecule has 1 aromatic rings. The number of nitrogens with zero attached hydrogens (tertiary/aromatic N) is 1. The average Bonchev–Trinajstić information content (AvgIpc) is 2.78. The van der Waals surface area contributed by atoms with Crippen LogP contribution in [0.3, 0.4) is 0 Å². The number of carboxylic acids is 1. The average molecular weight is 219 g/mol. The van der Waals surface area contributed by atoms with Crippen LogP contribution in [0.15, 0.2) is 30.3 Å². The van der Waals surface area contributed by atoms with Crippen LogP contribution in [0.5, 0.6) is 0 Å². The van der Waals surface area contributed by atoms with E-state index in [1.54, 1.807) is 29.2 Å². The molecule has 16 heavy (non-hydrogen) atoms. The van der Waals surface area contributed by atoms with Crippen LogP contribution in [0, 0.1) is 5.92 Å².